The summed E-state index contributed by atoms with van der Waals surface area (Å²) in [5.41, 5.74) is 0.730. The summed E-state index contributed by atoms with van der Waals surface area (Å²) < 4.78 is 0. The first-order chi connectivity index (χ1) is 6.32. The molecule has 0 aromatic carbocycles. The van der Waals surface area contributed by atoms with Crippen LogP contribution in [0.1, 0.15) is 24.1 Å². The summed E-state index contributed by atoms with van der Waals surface area (Å²) in [5, 5.41) is 17.7. The number of aromatic nitrogens is 1. The van der Waals surface area contributed by atoms with Gasteiger partial charge in [-0.3, -0.25) is 4.98 Å². The first-order valence-corrected chi connectivity index (χ1v) is 4.09. The van der Waals surface area contributed by atoms with E-state index in [2.05, 4.69) is 17.1 Å². The molecule has 1 aliphatic rings. The van der Waals surface area contributed by atoms with Crippen molar-refractivity contribution in [1.29, 1.82) is 10.5 Å². The third-order valence-corrected chi connectivity index (χ3v) is 2.35. The van der Waals surface area contributed by atoms with Crippen molar-refractivity contribution < 1.29 is 0 Å². The van der Waals surface area contributed by atoms with Gasteiger partial charge < -0.3 is 0 Å². The van der Waals surface area contributed by atoms with Crippen LogP contribution in [0.2, 0.25) is 0 Å². The predicted octanol–water partition coefficient (Wildman–Crippen LogP) is 1.51. The molecule has 0 N–H and O–H groups in total. The van der Waals surface area contributed by atoms with Gasteiger partial charge in [0.15, 0.2) is 0 Å². The number of hydrogen-bond acceptors (Lipinski definition) is 3. The van der Waals surface area contributed by atoms with E-state index in [0.29, 0.717) is 11.3 Å². The van der Waals surface area contributed by atoms with Crippen LogP contribution in [0.15, 0.2) is 18.3 Å². The molecule has 62 valence electrons. The van der Waals surface area contributed by atoms with E-state index >= 15 is 0 Å². The fraction of sp³-hybridized carbons (Fsp3) is 0.300. The van der Waals surface area contributed by atoms with Crippen molar-refractivity contribution in [2.45, 2.75) is 18.3 Å². The number of rotatable bonds is 1. The molecule has 0 unspecified atom stereocenters. The molecule has 1 heterocycles. The van der Waals surface area contributed by atoms with Gasteiger partial charge in [0.05, 0.1) is 17.3 Å². The Morgan fingerprint density at radius 1 is 1.38 bits per heavy atom. The highest BCUT2D eigenvalue weighted by Crippen LogP contribution is 2.47. The summed E-state index contributed by atoms with van der Waals surface area (Å²) in [6, 6.07) is 7.72. The lowest BCUT2D eigenvalue weighted by Gasteiger charge is -2.05. The highest BCUT2D eigenvalue weighted by Gasteiger charge is 2.47. The molecule has 0 spiro atoms. The largest absolute Gasteiger partial charge is 0.258 e. The second-order valence-corrected chi connectivity index (χ2v) is 3.21. The van der Waals surface area contributed by atoms with E-state index in [-0.39, 0.29) is 0 Å². The van der Waals surface area contributed by atoms with E-state index in [1.807, 2.05) is 0 Å². The maximum atomic E-state index is 8.93. The average molecular weight is 169 g/mol. The van der Waals surface area contributed by atoms with Crippen molar-refractivity contribution in [3.05, 3.63) is 29.6 Å². The zero-order valence-electron chi connectivity index (χ0n) is 6.99. The minimum Gasteiger partial charge on any atom is -0.258 e. The van der Waals surface area contributed by atoms with Gasteiger partial charge in [-0.05, 0) is 25.0 Å². The maximum absolute atomic E-state index is 8.93. The van der Waals surface area contributed by atoms with Gasteiger partial charge in [-0.1, -0.05) is 0 Å². The second-order valence-electron chi connectivity index (χ2n) is 3.21. The maximum Gasteiger partial charge on any atom is 0.101 e. The molecular weight excluding hydrogens is 162 g/mol. The van der Waals surface area contributed by atoms with Crippen LogP contribution in [0.3, 0.4) is 0 Å². The van der Waals surface area contributed by atoms with Crippen LogP contribution in [0.5, 0.6) is 0 Å². The summed E-state index contributed by atoms with van der Waals surface area (Å²) in [4.78, 5) is 4.11. The van der Waals surface area contributed by atoms with Crippen LogP contribution >= 0.6 is 0 Å². The minimum atomic E-state index is -0.452. The van der Waals surface area contributed by atoms with E-state index in [0.717, 1.165) is 12.8 Å². The number of nitrogens with zero attached hydrogens (tertiary/aromatic N) is 3. The molecule has 3 nitrogen and oxygen atoms in total. The van der Waals surface area contributed by atoms with Gasteiger partial charge in [0.25, 0.3) is 0 Å². The van der Waals surface area contributed by atoms with Crippen molar-refractivity contribution in [2.75, 3.05) is 0 Å². The highest BCUT2D eigenvalue weighted by molar-refractivity contribution is 5.44. The Labute approximate surface area is 76.3 Å². The van der Waals surface area contributed by atoms with Crippen LogP contribution < -0.4 is 0 Å². The van der Waals surface area contributed by atoms with Crippen LogP contribution in [0.4, 0.5) is 0 Å². The predicted molar refractivity (Wildman–Crippen MR) is 45.5 cm³/mol. The van der Waals surface area contributed by atoms with Gasteiger partial charge in [0.1, 0.15) is 11.5 Å². The monoisotopic (exact) mass is 169 g/mol. The standard InChI is InChI=1S/C10H7N3/c11-6-8-2-1-5-13-9(8)10(7-12)3-4-10/h1-2,5H,3-4H2. The summed E-state index contributed by atoms with van der Waals surface area (Å²) in [6.07, 6.45) is 3.29. The van der Waals surface area contributed by atoms with Gasteiger partial charge in [-0.25, -0.2) is 0 Å². The summed E-state index contributed by atoms with van der Waals surface area (Å²) >= 11 is 0. The lowest BCUT2D eigenvalue weighted by molar-refractivity contribution is 0.849. The molecule has 0 bridgehead atoms. The quantitative estimate of drug-likeness (QED) is 0.640. The molecule has 13 heavy (non-hydrogen) atoms. The summed E-state index contributed by atoms with van der Waals surface area (Å²) in [6.45, 7) is 0. The van der Waals surface area contributed by atoms with Crippen molar-refractivity contribution in [3.63, 3.8) is 0 Å². The molecule has 0 amide bonds. The molecule has 3 heteroatoms. The first kappa shape index (κ1) is 7.76. The van der Waals surface area contributed by atoms with Gasteiger partial charge in [0, 0.05) is 6.20 Å². The third kappa shape index (κ3) is 1.06. The van der Waals surface area contributed by atoms with Crippen LogP contribution in [-0.2, 0) is 5.41 Å². The van der Waals surface area contributed by atoms with Crippen molar-refractivity contribution in [2.24, 2.45) is 0 Å². The fourth-order valence-corrected chi connectivity index (χ4v) is 1.40. The lowest BCUT2D eigenvalue weighted by Crippen LogP contribution is -2.07. The molecule has 1 fully saturated rings. The molecule has 1 aromatic heterocycles. The fourth-order valence-electron chi connectivity index (χ4n) is 1.40. The summed E-state index contributed by atoms with van der Waals surface area (Å²) in [5.74, 6) is 0. The second kappa shape index (κ2) is 2.57. The van der Waals surface area contributed by atoms with E-state index < -0.39 is 5.41 Å². The smallest absolute Gasteiger partial charge is 0.101 e. The molecule has 2 rings (SSSR count). The lowest BCUT2D eigenvalue weighted by atomic mass is 9.99. The Hall–Kier alpha value is -1.87. The molecule has 1 saturated carbocycles. The van der Waals surface area contributed by atoms with Gasteiger partial charge in [-0.15, -0.1) is 0 Å². The van der Waals surface area contributed by atoms with Crippen LogP contribution in [0, 0.1) is 22.7 Å². The normalized spacial score (nSPS) is 17.1. The Balaban J connectivity index is 2.54. The number of nitriles is 2. The minimum absolute atomic E-state index is 0.452. The van der Waals surface area contributed by atoms with E-state index in [1.54, 1.807) is 18.3 Å². The zero-order chi connectivity index (χ0) is 9.31. The van der Waals surface area contributed by atoms with E-state index in [4.69, 9.17) is 10.5 Å². The molecule has 0 radical (unpaired) electrons. The van der Waals surface area contributed by atoms with Gasteiger partial charge in [-0.2, -0.15) is 10.5 Å². The molecule has 0 atom stereocenters. The Morgan fingerprint density at radius 2 is 2.15 bits per heavy atom. The number of hydrogen-bond donors (Lipinski definition) is 0. The van der Waals surface area contributed by atoms with Crippen molar-refractivity contribution in [3.8, 4) is 12.1 Å². The molecule has 0 saturated heterocycles. The topological polar surface area (TPSA) is 60.5 Å². The summed E-state index contributed by atoms with van der Waals surface area (Å²) in [7, 11) is 0. The molecular formula is C10H7N3. The van der Waals surface area contributed by atoms with Crippen LogP contribution in [-0.4, -0.2) is 4.98 Å². The highest BCUT2D eigenvalue weighted by atomic mass is 14.7. The van der Waals surface area contributed by atoms with Crippen LogP contribution in [0.25, 0.3) is 0 Å². The van der Waals surface area contributed by atoms with Crippen molar-refractivity contribution >= 4 is 0 Å². The van der Waals surface area contributed by atoms with Gasteiger partial charge >= 0.3 is 0 Å². The third-order valence-electron chi connectivity index (χ3n) is 2.35. The van der Waals surface area contributed by atoms with E-state index in [9.17, 15) is 0 Å². The average Bonchev–Trinajstić information content (AvgIpc) is 2.98. The first-order valence-electron chi connectivity index (χ1n) is 4.09. The SMILES string of the molecule is N#Cc1cccnc1C1(C#N)CC1. The molecule has 0 aliphatic heterocycles. The Morgan fingerprint density at radius 3 is 2.69 bits per heavy atom. The molecule has 1 aromatic rings. The Kier molecular flexibility index (Phi) is 1.53. The zero-order valence-corrected chi connectivity index (χ0v) is 6.99. The van der Waals surface area contributed by atoms with E-state index in [1.165, 1.54) is 0 Å². The molecule has 1 aliphatic carbocycles. The Bertz CT molecular complexity index is 419. The van der Waals surface area contributed by atoms with Gasteiger partial charge in [0.2, 0.25) is 0 Å². The number of pyridine rings is 1. The van der Waals surface area contributed by atoms with Crippen molar-refractivity contribution in [1.82, 2.24) is 4.98 Å².